The fraction of sp³-hybridized carbons (Fsp3) is 0.938. The summed E-state index contributed by atoms with van der Waals surface area (Å²) in [5, 5.41) is 12.7. The summed E-state index contributed by atoms with van der Waals surface area (Å²) >= 11 is 0. The van der Waals surface area contributed by atoms with Crippen LogP contribution in [0.25, 0.3) is 0 Å². The Labute approximate surface area is 130 Å². The summed E-state index contributed by atoms with van der Waals surface area (Å²) < 4.78 is 5.16. The van der Waals surface area contributed by atoms with Crippen molar-refractivity contribution in [3.05, 3.63) is 0 Å². The van der Waals surface area contributed by atoms with E-state index < -0.39 is 11.5 Å². The second-order valence-corrected chi connectivity index (χ2v) is 5.66. The lowest BCUT2D eigenvalue weighted by molar-refractivity contribution is -0.145. The van der Waals surface area contributed by atoms with Crippen LogP contribution in [0.15, 0.2) is 0 Å². The van der Waals surface area contributed by atoms with Gasteiger partial charge in [0.15, 0.2) is 0 Å². The Morgan fingerprint density at radius 3 is 2.43 bits per heavy atom. The molecule has 0 aromatic heterocycles. The normalized spacial score (nSPS) is 15.9. The van der Waals surface area contributed by atoms with E-state index in [4.69, 9.17) is 4.74 Å². The fourth-order valence-electron chi connectivity index (χ4n) is 2.67. The van der Waals surface area contributed by atoms with Crippen LogP contribution in [0.1, 0.15) is 53.4 Å². The highest BCUT2D eigenvalue weighted by Crippen LogP contribution is 2.19. The van der Waals surface area contributed by atoms with Crippen molar-refractivity contribution in [2.24, 2.45) is 0 Å². The Hall–Kier alpha value is -0.650. The molecule has 0 fully saturated rings. The number of carboxylic acid groups (broad SMARTS) is 1. The number of likely N-dealkylation sites (N-methyl/N-ethyl adjacent to an activating group) is 1. The molecule has 0 aromatic carbocycles. The van der Waals surface area contributed by atoms with Crippen molar-refractivity contribution < 1.29 is 14.6 Å². The zero-order valence-corrected chi connectivity index (χ0v) is 14.4. The lowest BCUT2D eigenvalue weighted by Crippen LogP contribution is -2.52. The first kappa shape index (κ1) is 20.3. The van der Waals surface area contributed by atoms with Crippen molar-refractivity contribution in [2.45, 2.75) is 65.0 Å². The summed E-state index contributed by atoms with van der Waals surface area (Å²) in [4.78, 5) is 14.0. The molecule has 5 heteroatoms. The van der Waals surface area contributed by atoms with Crippen LogP contribution in [0.4, 0.5) is 0 Å². The van der Waals surface area contributed by atoms with Crippen LogP contribution >= 0.6 is 0 Å². The van der Waals surface area contributed by atoms with Crippen molar-refractivity contribution in [1.29, 1.82) is 0 Å². The average molecular weight is 302 g/mol. The van der Waals surface area contributed by atoms with Gasteiger partial charge in [-0.05, 0) is 45.7 Å². The predicted molar refractivity (Wildman–Crippen MR) is 86.8 cm³/mol. The van der Waals surface area contributed by atoms with Gasteiger partial charge in [0.1, 0.15) is 5.54 Å². The molecule has 0 bridgehead atoms. The fourth-order valence-corrected chi connectivity index (χ4v) is 2.67. The Balaban J connectivity index is 4.52. The van der Waals surface area contributed by atoms with Crippen molar-refractivity contribution in [1.82, 2.24) is 10.2 Å². The third-order valence-corrected chi connectivity index (χ3v) is 4.37. The number of hydrogen-bond acceptors (Lipinski definition) is 4. The molecule has 0 aliphatic carbocycles. The Morgan fingerprint density at radius 2 is 2.00 bits per heavy atom. The average Bonchev–Trinajstić information content (AvgIpc) is 2.48. The Kier molecular flexibility index (Phi) is 10.6. The summed E-state index contributed by atoms with van der Waals surface area (Å²) in [5.41, 5.74) is -0.781. The van der Waals surface area contributed by atoms with Gasteiger partial charge in [-0.1, -0.05) is 20.8 Å². The van der Waals surface area contributed by atoms with E-state index >= 15 is 0 Å². The number of methoxy groups -OCH3 is 1. The number of rotatable bonds is 13. The molecule has 21 heavy (non-hydrogen) atoms. The monoisotopic (exact) mass is 302 g/mol. The second kappa shape index (κ2) is 11.0. The van der Waals surface area contributed by atoms with Crippen LogP contribution < -0.4 is 5.32 Å². The van der Waals surface area contributed by atoms with Crippen molar-refractivity contribution in [3.8, 4) is 0 Å². The minimum atomic E-state index is -0.781. The molecule has 0 heterocycles. The maximum Gasteiger partial charge on any atom is 0.323 e. The molecule has 0 aliphatic heterocycles. The standard InChI is InChI=1S/C16H34N2O3/c1-6-14(4)18(12-13-21-5)11-9-10-16(7-2,15(19)20)17-8-3/h14,17H,6-13H2,1-5H3,(H,19,20). The summed E-state index contributed by atoms with van der Waals surface area (Å²) in [6, 6.07) is 0.500. The molecule has 0 rings (SSSR count). The molecule has 0 aliphatic rings. The lowest BCUT2D eigenvalue weighted by Gasteiger charge is -2.32. The smallest absolute Gasteiger partial charge is 0.323 e. The Bertz CT molecular complexity index is 287. The van der Waals surface area contributed by atoms with Crippen molar-refractivity contribution in [2.75, 3.05) is 33.4 Å². The first-order valence-electron chi connectivity index (χ1n) is 8.18. The van der Waals surface area contributed by atoms with Crippen molar-refractivity contribution in [3.63, 3.8) is 0 Å². The highest BCUT2D eigenvalue weighted by molar-refractivity contribution is 5.78. The summed E-state index contributed by atoms with van der Waals surface area (Å²) in [7, 11) is 1.71. The molecule has 2 atom stereocenters. The highest BCUT2D eigenvalue weighted by Gasteiger charge is 2.35. The quantitative estimate of drug-likeness (QED) is 0.547. The molecule has 0 aromatic rings. The number of carbonyl (C=O) groups is 1. The van der Waals surface area contributed by atoms with Gasteiger partial charge in [-0.2, -0.15) is 0 Å². The molecule has 5 nitrogen and oxygen atoms in total. The van der Waals surface area contributed by atoms with Gasteiger partial charge in [-0.25, -0.2) is 0 Å². The topological polar surface area (TPSA) is 61.8 Å². The molecule has 0 saturated carbocycles. The molecule has 0 amide bonds. The first-order valence-corrected chi connectivity index (χ1v) is 8.18. The summed E-state index contributed by atoms with van der Waals surface area (Å²) in [6.07, 6.45) is 3.24. The number of carboxylic acids is 1. The second-order valence-electron chi connectivity index (χ2n) is 5.66. The molecule has 126 valence electrons. The van der Waals surface area contributed by atoms with Crippen LogP contribution in [0.5, 0.6) is 0 Å². The molecule has 2 unspecified atom stereocenters. The summed E-state index contributed by atoms with van der Waals surface area (Å²) in [6.45, 7) is 11.5. The minimum Gasteiger partial charge on any atom is -0.480 e. The number of hydrogen-bond donors (Lipinski definition) is 2. The van der Waals surface area contributed by atoms with Gasteiger partial charge in [0.2, 0.25) is 0 Å². The van der Waals surface area contributed by atoms with Gasteiger partial charge < -0.3 is 15.2 Å². The highest BCUT2D eigenvalue weighted by atomic mass is 16.5. The lowest BCUT2D eigenvalue weighted by atomic mass is 9.90. The largest absolute Gasteiger partial charge is 0.480 e. The number of nitrogens with zero attached hydrogens (tertiary/aromatic N) is 1. The minimum absolute atomic E-state index is 0.500. The maximum atomic E-state index is 11.6. The van der Waals surface area contributed by atoms with Crippen LogP contribution in [-0.2, 0) is 9.53 Å². The third kappa shape index (κ3) is 6.76. The van der Waals surface area contributed by atoms with E-state index in [1.54, 1.807) is 7.11 Å². The molecule has 0 radical (unpaired) electrons. The molecule has 0 spiro atoms. The molecule has 2 N–H and O–H groups in total. The van der Waals surface area contributed by atoms with E-state index in [0.29, 0.717) is 25.4 Å². The third-order valence-electron chi connectivity index (χ3n) is 4.37. The van der Waals surface area contributed by atoms with E-state index in [9.17, 15) is 9.90 Å². The van der Waals surface area contributed by atoms with E-state index in [2.05, 4.69) is 24.1 Å². The van der Waals surface area contributed by atoms with Gasteiger partial charge in [0.25, 0.3) is 0 Å². The van der Waals surface area contributed by atoms with Gasteiger partial charge in [-0.3, -0.25) is 9.69 Å². The SMILES string of the molecule is CCNC(CC)(CCCN(CCOC)C(C)CC)C(=O)O. The first-order chi connectivity index (χ1) is 9.97. The van der Waals surface area contributed by atoms with E-state index in [1.165, 1.54) is 0 Å². The summed E-state index contributed by atoms with van der Waals surface area (Å²) in [5.74, 6) is -0.737. The number of ether oxygens (including phenoxy) is 1. The van der Waals surface area contributed by atoms with Crippen LogP contribution in [0.2, 0.25) is 0 Å². The zero-order valence-electron chi connectivity index (χ0n) is 14.4. The van der Waals surface area contributed by atoms with E-state index in [1.807, 2.05) is 13.8 Å². The van der Waals surface area contributed by atoms with Crippen LogP contribution in [-0.4, -0.2) is 60.9 Å². The maximum absolute atomic E-state index is 11.6. The van der Waals surface area contributed by atoms with Crippen LogP contribution in [0, 0.1) is 0 Å². The van der Waals surface area contributed by atoms with E-state index in [0.717, 1.165) is 32.5 Å². The van der Waals surface area contributed by atoms with E-state index in [-0.39, 0.29) is 0 Å². The number of aliphatic carboxylic acids is 1. The van der Waals surface area contributed by atoms with Gasteiger partial charge in [0, 0.05) is 19.7 Å². The van der Waals surface area contributed by atoms with Gasteiger partial charge >= 0.3 is 5.97 Å². The van der Waals surface area contributed by atoms with Gasteiger partial charge in [0.05, 0.1) is 6.61 Å². The number of nitrogens with one attached hydrogen (secondary N) is 1. The van der Waals surface area contributed by atoms with Crippen LogP contribution in [0.3, 0.4) is 0 Å². The zero-order chi connectivity index (χ0) is 16.3. The molecular weight excluding hydrogens is 268 g/mol. The molecular formula is C16H34N2O3. The van der Waals surface area contributed by atoms with Crippen molar-refractivity contribution >= 4 is 5.97 Å². The van der Waals surface area contributed by atoms with Gasteiger partial charge in [-0.15, -0.1) is 0 Å². The molecule has 0 saturated heterocycles. The predicted octanol–water partition coefficient (Wildman–Crippen LogP) is 2.36. The Morgan fingerprint density at radius 1 is 1.33 bits per heavy atom.